The Morgan fingerprint density at radius 2 is 1.69 bits per heavy atom. The van der Waals surface area contributed by atoms with Gasteiger partial charge in [-0.3, -0.25) is 4.90 Å². The summed E-state index contributed by atoms with van der Waals surface area (Å²) < 4.78 is 8.47. The van der Waals surface area contributed by atoms with Crippen LogP contribution in [-0.2, 0) is 4.18 Å². The lowest BCUT2D eigenvalue weighted by Crippen LogP contribution is -2.51. The minimum atomic E-state index is -0.215. The van der Waals surface area contributed by atoms with E-state index in [9.17, 15) is 5.21 Å². The fourth-order valence-corrected chi connectivity index (χ4v) is 6.02. The van der Waals surface area contributed by atoms with E-state index in [4.69, 9.17) is 4.18 Å². The van der Waals surface area contributed by atoms with Crippen LogP contribution in [0.25, 0.3) is 0 Å². The predicted octanol–water partition coefficient (Wildman–Crippen LogP) is 5.69. The molecule has 6 heteroatoms. The molecule has 1 saturated heterocycles. The number of oxime groups is 1. The molecule has 4 unspecified atom stereocenters. The third-order valence-electron chi connectivity index (χ3n) is 8.23. The van der Waals surface area contributed by atoms with E-state index in [-0.39, 0.29) is 10.8 Å². The van der Waals surface area contributed by atoms with Crippen molar-refractivity contribution in [3.63, 3.8) is 0 Å². The van der Waals surface area contributed by atoms with Gasteiger partial charge in [-0.15, -0.1) is 0 Å². The highest BCUT2D eigenvalue weighted by Gasteiger charge is 2.54. The molecule has 3 fully saturated rings. The number of rotatable bonds is 5. The van der Waals surface area contributed by atoms with Crippen molar-refractivity contribution >= 4 is 17.9 Å². The average Bonchev–Trinajstić information content (AvgIpc) is 2.90. The SMILES string of the molecule is CC.CC1CCCCC1N1CCN(SOCC2(C)/C(=N/O)CC(C)C2(C)C)CC1. The third kappa shape index (κ3) is 5.31. The summed E-state index contributed by atoms with van der Waals surface area (Å²) in [6.45, 7) is 20.4. The van der Waals surface area contributed by atoms with Gasteiger partial charge in [0.1, 0.15) is 0 Å². The molecule has 2 saturated carbocycles. The Kier molecular flexibility index (Phi) is 9.32. The van der Waals surface area contributed by atoms with E-state index in [1.165, 1.54) is 37.9 Å². The van der Waals surface area contributed by atoms with Gasteiger partial charge in [-0.1, -0.05) is 66.5 Å². The Morgan fingerprint density at radius 3 is 2.28 bits per heavy atom. The zero-order chi connectivity index (χ0) is 21.7. The van der Waals surface area contributed by atoms with Gasteiger partial charge < -0.3 is 9.39 Å². The molecule has 3 rings (SSSR count). The lowest BCUT2D eigenvalue weighted by molar-refractivity contribution is 0.0694. The largest absolute Gasteiger partial charge is 0.411 e. The molecular formula is C23H45N3O2S. The summed E-state index contributed by atoms with van der Waals surface area (Å²) in [5, 5.41) is 13.1. The maximum atomic E-state index is 9.48. The van der Waals surface area contributed by atoms with E-state index in [0.29, 0.717) is 12.5 Å². The monoisotopic (exact) mass is 427 g/mol. The highest BCUT2D eigenvalue weighted by molar-refractivity contribution is 7.92. The third-order valence-corrected chi connectivity index (χ3v) is 9.02. The van der Waals surface area contributed by atoms with E-state index in [1.54, 1.807) is 0 Å². The van der Waals surface area contributed by atoms with Gasteiger partial charge in [0.25, 0.3) is 0 Å². The average molecular weight is 428 g/mol. The number of hydrogen-bond acceptors (Lipinski definition) is 6. The lowest BCUT2D eigenvalue weighted by atomic mass is 9.66. The standard InChI is InChI=1S/C21H39N3O2S.C2H6/c1-16-8-6-7-9-18(16)23-10-12-24(13-11-23)27-26-15-21(5)19(22-25)14-17(2)20(21,3)4;1-2/h16-18,25H,6-15H2,1-5H3;1-2H3/b22-19+;. The van der Waals surface area contributed by atoms with Gasteiger partial charge in [-0.05, 0) is 36.5 Å². The molecule has 29 heavy (non-hydrogen) atoms. The topological polar surface area (TPSA) is 48.3 Å². The van der Waals surface area contributed by atoms with Crippen molar-refractivity contribution in [2.24, 2.45) is 27.8 Å². The van der Waals surface area contributed by atoms with Crippen molar-refractivity contribution < 1.29 is 9.39 Å². The first-order chi connectivity index (χ1) is 13.8. The van der Waals surface area contributed by atoms with Crippen LogP contribution < -0.4 is 0 Å². The normalized spacial score (nSPS) is 37.3. The second-order valence-electron chi connectivity index (χ2n) is 9.84. The first kappa shape index (κ1) is 25.0. The van der Waals surface area contributed by atoms with E-state index in [2.05, 4.69) is 49.0 Å². The van der Waals surface area contributed by atoms with Crippen molar-refractivity contribution in [2.75, 3.05) is 32.8 Å². The molecule has 1 aliphatic heterocycles. The van der Waals surface area contributed by atoms with E-state index < -0.39 is 0 Å². The molecule has 170 valence electrons. The molecule has 2 aliphatic carbocycles. The summed E-state index contributed by atoms with van der Waals surface area (Å²) >= 11 is 1.52. The van der Waals surface area contributed by atoms with Gasteiger partial charge in [-0.25, -0.2) is 4.31 Å². The van der Waals surface area contributed by atoms with E-state index in [0.717, 1.165) is 50.3 Å². The molecule has 0 spiro atoms. The second-order valence-corrected chi connectivity index (χ2v) is 10.7. The highest BCUT2D eigenvalue weighted by Crippen LogP contribution is 2.54. The Labute approximate surface area is 184 Å². The maximum Gasteiger partial charge on any atom is 0.0820 e. The summed E-state index contributed by atoms with van der Waals surface area (Å²) in [5.74, 6) is 1.33. The van der Waals surface area contributed by atoms with Crippen LogP contribution in [0.5, 0.6) is 0 Å². The first-order valence-electron chi connectivity index (χ1n) is 11.8. The van der Waals surface area contributed by atoms with Crippen LogP contribution in [0.15, 0.2) is 5.16 Å². The van der Waals surface area contributed by atoms with Crippen LogP contribution in [-0.4, -0.2) is 59.0 Å². The summed E-state index contributed by atoms with van der Waals surface area (Å²) in [6, 6.07) is 0.787. The molecule has 4 atom stereocenters. The highest BCUT2D eigenvalue weighted by atomic mass is 32.2. The molecule has 0 aromatic rings. The predicted molar refractivity (Wildman–Crippen MR) is 124 cm³/mol. The molecule has 3 aliphatic rings. The summed E-state index contributed by atoms with van der Waals surface area (Å²) in [4.78, 5) is 2.71. The molecule has 0 aromatic carbocycles. The summed E-state index contributed by atoms with van der Waals surface area (Å²) in [5.41, 5.74) is 0.732. The minimum absolute atomic E-state index is 0.0605. The Morgan fingerprint density at radius 1 is 1.07 bits per heavy atom. The lowest BCUT2D eigenvalue weighted by Gasteiger charge is -2.43. The van der Waals surface area contributed by atoms with Gasteiger partial charge >= 0.3 is 0 Å². The molecular weight excluding hydrogens is 382 g/mol. The van der Waals surface area contributed by atoms with Gasteiger partial charge in [0.15, 0.2) is 0 Å². The second kappa shape index (κ2) is 10.8. The smallest absolute Gasteiger partial charge is 0.0820 e. The van der Waals surface area contributed by atoms with E-state index in [1.807, 2.05) is 13.8 Å². The Bertz CT molecular complexity index is 534. The van der Waals surface area contributed by atoms with Crippen molar-refractivity contribution in [3.05, 3.63) is 0 Å². The zero-order valence-corrected chi connectivity index (χ0v) is 20.7. The quantitative estimate of drug-likeness (QED) is 0.264. The fraction of sp³-hybridized carbons (Fsp3) is 0.957. The maximum absolute atomic E-state index is 9.48. The number of nitrogens with zero attached hydrogens (tertiary/aromatic N) is 3. The summed E-state index contributed by atoms with van der Waals surface area (Å²) in [6.07, 6.45) is 6.43. The van der Waals surface area contributed by atoms with Gasteiger partial charge in [0.05, 0.1) is 24.5 Å². The molecule has 1 N–H and O–H groups in total. The Balaban J connectivity index is 0.00000145. The molecule has 0 radical (unpaired) electrons. The van der Waals surface area contributed by atoms with Crippen molar-refractivity contribution in [3.8, 4) is 0 Å². The van der Waals surface area contributed by atoms with Gasteiger partial charge in [0.2, 0.25) is 0 Å². The molecule has 1 heterocycles. The Hall–Kier alpha value is -0.300. The number of hydrogen-bond donors (Lipinski definition) is 1. The van der Waals surface area contributed by atoms with Gasteiger partial charge in [-0.2, -0.15) is 0 Å². The van der Waals surface area contributed by atoms with Crippen LogP contribution in [0.2, 0.25) is 0 Å². The van der Waals surface area contributed by atoms with Crippen LogP contribution in [0, 0.1) is 22.7 Å². The molecule has 0 aromatic heterocycles. The van der Waals surface area contributed by atoms with Crippen molar-refractivity contribution in [1.29, 1.82) is 0 Å². The molecule has 0 amide bonds. The van der Waals surface area contributed by atoms with Crippen molar-refractivity contribution in [2.45, 2.75) is 86.6 Å². The molecule has 0 bridgehead atoms. The van der Waals surface area contributed by atoms with E-state index >= 15 is 0 Å². The van der Waals surface area contributed by atoms with Crippen molar-refractivity contribution in [1.82, 2.24) is 9.21 Å². The van der Waals surface area contributed by atoms with Crippen LogP contribution in [0.3, 0.4) is 0 Å². The fourth-order valence-electron chi connectivity index (χ4n) is 5.27. The summed E-state index contributed by atoms with van der Waals surface area (Å²) in [7, 11) is 0. The van der Waals surface area contributed by atoms with Gasteiger partial charge in [0, 0.05) is 37.6 Å². The minimum Gasteiger partial charge on any atom is -0.411 e. The van der Waals surface area contributed by atoms with Crippen LogP contribution in [0.1, 0.15) is 80.6 Å². The first-order valence-corrected chi connectivity index (χ1v) is 12.5. The van der Waals surface area contributed by atoms with Crippen LogP contribution in [0.4, 0.5) is 0 Å². The zero-order valence-electron chi connectivity index (χ0n) is 19.9. The van der Waals surface area contributed by atoms with Crippen LogP contribution >= 0.6 is 12.2 Å². The number of piperazine rings is 1. The molecule has 5 nitrogen and oxygen atoms in total.